The first kappa shape index (κ1) is 34.6. The minimum absolute atomic E-state index is 0.116. The molecule has 56 heavy (non-hydrogen) atoms. The van der Waals surface area contributed by atoms with Gasteiger partial charge in [-0.3, -0.25) is 19.3 Å². The highest BCUT2D eigenvalue weighted by atomic mass is 32.1. The highest BCUT2D eigenvalue weighted by molar-refractivity contribution is 7.19. The normalized spacial score (nSPS) is 16.3. The molecule has 0 fully saturated rings. The molecule has 0 bridgehead atoms. The van der Waals surface area contributed by atoms with Gasteiger partial charge in [-0.1, -0.05) is 78.1 Å². The lowest BCUT2D eigenvalue weighted by atomic mass is 9.76. The van der Waals surface area contributed by atoms with E-state index < -0.39 is 6.23 Å². The zero-order valence-electron chi connectivity index (χ0n) is 32.0. The van der Waals surface area contributed by atoms with Crippen molar-refractivity contribution in [1.82, 2.24) is 9.80 Å². The molecule has 6 nitrogen and oxygen atoms in total. The number of thiophene rings is 2. The number of benzene rings is 7. The molecule has 1 unspecified atom stereocenters. The first-order valence-electron chi connectivity index (χ1n) is 20.8. The maximum atomic E-state index is 14.7. The average Bonchev–Trinajstić information content (AvgIpc) is 3.91. The lowest BCUT2D eigenvalue weighted by molar-refractivity contribution is 0.00425. The fraction of sp³-hybridized carbons (Fsp3) is 0.354. The molecule has 7 aromatic carbocycles. The van der Waals surface area contributed by atoms with Crippen molar-refractivity contribution in [3.8, 4) is 0 Å². The van der Waals surface area contributed by atoms with Crippen molar-refractivity contribution in [2.75, 3.05) is 13.1 Å². The summed E-state index contributed by atoms with van der Waals surface area (Å²) in [7, 11) is 0. The summed E-state index contributed by atoms with van der Waals surface area (Å²) < 4.78 is 2.20. The molecule has 0 aliphatic carbocycles. The third kappa shape index (κ3) is 4.55. The second-order valence-corrected chi connectivity index (χ2v) is 18.3. The van der Waals surface area contributed by atoms with Crippen molar-refractivity contribution in [2.45, 2.75) is 97.1 Å². The van der Waals surface area contributed by atoms with Gasteiger partial charge < -0.3 is 10.0 Å². The van der Waals surface area contributed by atoms with Gasteiger partial charge in [0.25, 0.3) is 17.7 Å². The van der Waals surface area contributed by atoms with Gasteiger partial charge in [0.15, 0.2) is 6.23 Å². The number of amides is 3. The summed E-state index contributed by atoms with van der Waals surface area (Å²) in [5.74, 6) is -0.524. The molecule has 0 saturated carbocycles. The van der Waals surface area contributed by atoms with Crippen LogP contribution < -0.4 is 0 Å². The van der Waals surface area contributed by atoms with E-state index in [0.29, 0.717) is 29.8 Å². The molecule has 0 radical (unpaired) electrons. The van der Waals surface area contributed by atoms with E-state index >= 15 is 0 Å². The minimum atomic E-state index is -1.05. The number of rotatable bonds is 14. The molecule has 1 atom stereocenters. The average molecular weight is 777 g/mol. The van der Waals surface area contributed by atoms with Crippen LogP contribution in [-0.2, 0) is 0 Å². The molecule has 282 valence electrons. The SMILES string of the molecule is CCCCCCCCN1C(=O)c2cc3c4ccsc4c4cc5c6c(cc7c8ccsc8c8cc(c2c2c3c4c6c7c82)C1=O)C(=O)N(CCCCCCCC)C5O. The van der Waals surface area contributed by atoms with Crippen LogP contribution in [0.15, 0.2) is 47.2 Å². The van der Waals surface area contributed by atoms with Crippen molar-refractivity contribution in [3.05, 3.63) is 69.4 Å². The van der Waals surface area contributed by atoms with Crippen LogP contribution in [0.2, 0.25) is 0 Å². The summed E-state index contributed by atoms with van der Waals surface area (Å²) in [6.45, 7) is 5.35. The van der Waals surface area contributed by atoms with E-state index in [9.17, 15) is 19.5 Å². The number of fused-ring (bicyclic) bond motifs is 6. The number of aliphatic hydroxyl groups is 1. The maximum absolute atomic E-state index is 14.7. The van der Waals surface area contributed by atoms with Gasteiger partial charge in [-0.25, -0.2) is 0 Å². The van der Waals surface area contributed by atoms with Crippen LogP contribution in [0.5, 0.6) is 0 Å². The van der Waals surface area contributed by atoms with E-state index in [2.05, 4.69) is 61.0 Å². The third-order valence-electron chi connectivity index (χ3n) is 13.2. The van der Waals surface area contributed by atoms with Crippen LogP contribution >= 0.6 is 22.7 Å². The van der Waals surface area contributed by atoms with Crippen LogP contribution in [0.4, 0.5) is 0 Å². The Kier molecular flexibility index (Phi) is 8.00. The van der Waals surface area contributed by atoms with E-state index in [1.54, 1.807) is 27.6 Å². The smallest absolute Gasteiger partial charge is 0.261 e. The molecule has 1 N–H and O–H groups in total. The van der Waals surface area contributed by atoms with Crippen molar-refractivity contribution >= 4 is 125 Å². The number of aliphatic hydroxyl groups excluding tert-OH is 1. The van der Waals surface area contributed by atoms with Crippen molar-refractivity contribution in [3.63, 3.8) is 0 Å². The molecule has 2 aliphatic rings. The van der Waals surface area contributed by atoms with Gasteiger partial charge in [0, 0.05) is 93.2 Å². The Morgan fingerprint density at radius 2 is 0.964 bits per heavy atom. The van der Waals surface area contributed by atoms with Gasteiger partial charge in [0.1, 0.15) is 0 Å². The molecular weight excluding hydrogens is 733 g/mol. The first-order chi connectivity index (χ1) is 27.4. The highest BCUT2D eigenvalue weighted by Crippen LogP contribution is 2.57. The Morgan fingerprint density at radius 1 is 0.500 bits per heavy atom. The van der Waals surface area contributed by atoms with E-state index in [-0.39, 0.29) is 17.7 Å². The van der Waals surface area contributed by atoms with Gasteiger partial charge in [-0.15, -0.1) is 22.7 Å². The third-order valence-corrected chi connectivity index (χ3v) is 15.1. The summed E-state index contributed by atoms with van der Waals surface area (Å²) >= 11 is 3.35. The van der Waals surface area contributed by atoms with Crippen molar-refractivity contribution in [1.29, 1.82) is 0 Å². The van der Waals surface area contributed by atoms with Crippen LogP contribution in [0.25, 0.3) is 84.8 Å². The van der Waals surface area contributed by atoms with E-state index in [4.69, 9.17) is 0 Å². The summed E-state index contributed by atoms with van der Waals surface area (Å²) in [4.78, 5) is 47.1. The monoisotopic (exact) mass is 776 g/mol. The Hall–Kier alpha value is -4.63. The Labute approximate surface area is 332 Å². The second-order valence-electron chi connectivity index (χ2n) is 16.4. The number of imide groups is 1. The molecule has 2 aliphatic heterocycles. The zero-order chi connectivity index (χ0) is 38.0. The predicted molar refractivity (Wildman–Crippen MR) is 234 cm³/mol. The summed E-state index contributed by atoms with van der Waals surface area (Å²) in [5, 5.41) is 30.5. The summed E-state index contributed by atoms with van der Waals surface area (Å²) in [6, 6.07) is 12.7. The maximum Gasteiger partial charge on any atom is 0.261 e. The highest BCUT2D eigenvalue weighted by Gasteiger charge is 2.40. The summed E-state index contributed by atoms with van der Waals surface area (Å²) in [5.41, 5.74) is 2.64. The standard InChI is InChI=1S/C48H44N2O4S2/c1-3-5-7-9-11-13-17-49-45(51)31-21-27-25-15-19-56-44(25)30-24-34-36-32(46(52)50(48(34)54)18-14-12-10-8-6-4-2)22-28-26-16-20-55-43(26)29-23-33(47(49)53)35(31)41-37(27)40(30)42(36)38(28)39(29)41/h15-16,19-24,47,53H,3-14,17-18H2,1-2H3. The largest absolute Gasteiger partial charge is 0.369 e. The van der Waals surface area contributed by atoms with E-state index in [1.807, 2.05) is 0 Å². The molecule has 9 aromatic rings. The summed E-state index contributed by atoms with van der Waals surface area (Å²) in [6.07, 6.45) is 12.0. The molecule has 0 spiro atoms. The van der Waals surface area contributed by atoms with Gasteiger partial charge in [-0.05, 0) is 86.9 Å². The van der Waals surface area contributed by atoms with Crippen LogP contribution in [0, 0.1) is 0 Å². The number of nitrogens with zero attached hydrogens (tertiary/aromatic N) is 2. The van der Waals surface area contributed by atoms with Gasteiger partial charge in [0.05, 0.1) is 0 Å². The molecule has 2 aromatic heterocycles. The zero-order valence-corrected chi connectivity index (χ0v) is 33.6. The van der Waals surface area contributed by atoms with E-state index in [1.165, 1.54) is 43.4 Å². The van der Waals surface area contributed by atoms with Crippen molar-refractivity contribution in [2.24, 2.45) is 0 Å². The Balaban J connectivity index is 1.20. The molecule has 4 heterocycles. The molecule has 8 heteroatoms. The van der Waals surface area contributed by atoms with Crippen molar-refractivity contribution < 1.29 is 19.5 Å². The number of carbonyl (C=O) groups excluding carboxylic acids is 3. The second kappa shape index (κ2) is 12.9. The molecular formula is C48H44N2O4S2. The fourth-order valence-corrected chi connectivity index (χ4v) is 12.5. The first-order valence-corrected chi connectivity index (χ1v) is 22.6. The van der Waals surface area contributed by atoms with Gasteiger partial charge in [-0.2, -0.15) is 0 Å². The van der Waals surface area contributed by atoms with Crippen LogP contribution in [-0.4, -0.2) is 45.7 Å². The van der Waals surface area contributed by atoms with Crippen LogP contribution in [0.1, 0.15) is 134 Å². The fourth-order valence-electron chi connectivity index (χ4n) is 10.7. The number of carbonyl (C=O) groups is 3. The van der Waals surface area contributed by atoms with E-state index in [0.717, 1.165) is 129 Å². The minimum Gasteiger partial charge on any atom is -0.369 e. The molecule has 0 saturated heterocycles. The molecule has 11 rings (SSSR count). The Morgan fingerprint density at radius 3 is 1.55 bits per heavy atom. The number of hydrogen-bond acceptors (Lipinski definition) is 6. The number of hydrogen-bond donors (Lipinski definition) is 1. The quantitative estimate of drug-likeness (QED) is 0.0516. The lowest BCUT2D eigenvalue weighted by Gasteiger charge is -2.36. The lowest BCUT2D eigenvalue weighted by Crippen LogP contribution is -2.41. The topological polar surface area (TPSA) is 77.9 Å². The molecule has 3 amide bonds. The van der Waals surface area contributed by atoms with Gasteiger partial charge in [0.2, 0.25) is 0 Å². The Bertz CT molecular complexity index is 2990. The van der Waals surface area contributed by atoms with Crippen LogP contribution in [0.3, 0.4) is 0 Å². The predicted octanol–water partition coefficient (Wildman–Crippen LogP) is 13.1. The number of unbranched alkanes of at least 4 members (excludes halogenated alkanes) is 10. The van der Waals surface area contributed by atoms with Gasteiger partial charge >= 0.3 is 0 Å².